The van der Waals surface area contributed by atoms with E-state index in [1.54, 1.807) is 6.07 Å². The van der Waals surface area contributed by atoms with Gasteiger partial charge in [0.1, 0.15) is 5.69 Å². The molecule has 142 valence electrons. The third-order valence-electron chi connectivity index (χ3n) is 4.60. The van der Waals surface area contributed by atoms with E-state index in [1.807, 2.05) is 0 Å². The number of benzene rings is 1. The average molecular weight is 386 g/mol. The minimum absolute atomic E-state index is 0.0861. The van der Waals surface area contributed by atoms with E-state index in [1.165, 1.54) is 8.61 Å². The summed E-state index contributed by atoms with van der Waals surface area (Å²) in [4.78, 5) is 0. The first-order chi connectivity index (χ1) is 12.4. The van der Waals surface area contributed by atoms with Gasteiger partial charge in [-0.05, 0) is 25.0 Å². The summed E-state index contributed by atoms with van der Waals surface area (Å²) in [5.41, 5.74) is -0.365. The van der Waals surface area contributed by atoms with E-state index >= 15 is 0 Å². The predicted octanol–water partition coefficient (Wildman–Crippen LogP) is 1.29. The second-order valence-electron chi connectivity index (χ2n) is 6.26. The molecular weight excluding hydrogens is 366 g/mol. The molecule has 0 saturated carbocycles. The van der Waals surface area contributed by atoms with Crippen molar-refractivity contribution in [1.29, 1.82) is 5.26 Å². The van der Waals surface area contributed by atoms with Crippen LogP contribution in [0.5, 0.6) is 0 Å². The minimum atomic E-state index is -3.53. The zero-order chi connectivity index (χ0) is 18.7. The van der Waals surface area contributed by atoms with Crippen molar-refractivity contribution in [2.75, 3.05) is 44.7 Å². The van der Waals surface area contributed by atoms with Gasteiger partial charge >= 0.3 is 0 Å². The number of piperidine rings is 1. The van der Waals surface area contributed by atoms with E-state index < -0.39 is 21.8 Å². The van der Waals surface area contributed by atoms with Crippen molar-refractivity contribution in [2.24, 2.45) is 0 Å². The normalized spacial score (nSPS) is 20.7. The van der Waals surface area contributed by atoms with Crippen LogP contribution in [0, 0.1) is 23.0 Å². The lowest BCUT2D eigenvalue weighted by atomic mass is 10.1. The fourth-order valence-corrected chi connectivity index (χ4v) is 4.76. The van der Waals surface area contributed by atoms with Crippen molar-refractivity contribution in [3.63, 3.8) is 0 Å². The first kappa shape index (κ1) is 19.0. The number of halogens is 2. The number of nitrogens with zero attached hydrogens (tertiary/aromatic N) is 3. The summed E-state index contributed by atoms with van der Waals surface area (Å²) in [5.74, 6) is -1.66. The van der Waals surface area contributed by atoms with Crippen LogP contribution in [0.15, 0.2) is 12.1 Å². The molecule has 0 aliphatic carbocycles. The molecule has 26 heavy (non-hydrogen) atoms. The molecule has 2 fully saturated rings. The molecule has 0 bridgehead atoms. The van der Waals surface area contributed by atoms with E-state index in [0.29, 0.717) is 39.1 Å². The van der Waals surface area contributed by atoms with Gasteiger partial charge in [-0.3, -0.25) is 0 Å². The van der Waals surface area contributed by atoms with Gasteiger partial charge in [-0.2, -0.15) is 22.3 Å². The third kappa shape index (κ3) is 3.96. The van der Waals surface area contributed by atoms with E-state index in [-0.39, 0.29) is 30.4 Å². The smallest absolute Gasteiger partial charge is 0.282 e. The number of anilines is 1. The highest BCUT2D eigenvalue weighted by Gasteiger charge is 2.34. The number of nitrogens with one attached hydrogen (secondary N) is 1. The molecule has 3 rings (SSSR count). The Kier molecular flexibility index (Phi) is 5.72. The van der Waals surface area contributed by atoms with Crippen LogP contribution in [0.3, 0.4) is 0 Å². The monoisotopic (exact) mass is 386 g/mol. The number of morpholine rings is 1. The summed E-state index contributed by atoms with van der Waals surface area (Å²) in [6.45, 7) is 1.99. The number of nitriles is 1. The second-order valence-corrected chi connectivity index (χ2v) is 8.19. The average Bonchev–Trinajstić information content (AvgIpc) is 2.65. The van der Waals surface area contributed by atoms with E-state index in [0.717, 1.165) is 12.1 Å². The minimum Gasteiger partial charge on any atom is -0.379 e. The summed E-state index contributed by atoms with van der Waals surface area (Å²) in [7, 11) is -3.53. The molecule has 1 N–H and O–H groups in total. The zero-order valence-electron chi connectivity index (χ0n) is 14.1. The lowest BCUT2D eigenvalue weighted by Gasteiger charge is -2.36. The Labute approximate surface area is 151 Å². The van der Waals surface area contributed by atoms with Crippen molar-refractivity contribution in [3.05, 3.63) is 29.3 Å². The Morgan fingerprint density at radius 2 is 1.62 bits per heavy atom. The van der Waals surface area contributed by atoms with Gasteiger partial charge in [0.15, 0.2) is 11.6 Å². The van der Waals surface area contributed by atoms with E-state index in [9.17, 15) is 17.2 Å². The SMILES string of the molecule is N#Cc1cc(F)c(NC2CCN(S(=O)(=O)N3CCOCC3)CC2)c(F)c1. The molecule has 2 saturated heterocycles. The maximum atomic E-state index is 14.0. The summed E-state index contributed by atoms with van der Waals surface area (Å²) in [5, 5.41) is 11.5. The molecule has 2 heterocycles. The van der Waals surface area contributed by atoms with Gasteiger partial charge in [0.05, 0.1) is 24.8 Å². The zero-order valence-corrected chi connectivity index (χ0v) is 14.9. The molecule has 0 atom stereocenters. The molecule has 0 unspecified atom stereocenters. The van der Waals surface area contributed by atoms with Crippen LogP contribution >= 0.6 is 0 Å². The Hall–Kier alpha value is -1.80. The van der Waals surface area contributed by atoms with Crippen molar-refractivity contribution >= 4 is 15.9 Å². The topological polar surface area (TPSA) is 85.7 Å². The van der Waals surface area contributed by atoms with E-state index in [2.05, 4.69) is 5.32 Å². The van der Waals surface area contributed by atoms with Crippen LogP contribution in [0.4, 0.5) is 14.5 Å². The molecule has 1 aromatic carbocycles. The van der Waals surface area contributed by atoms with Gasteiger partial charge in [-0.15, -0.1) is 0 Å². The second kappa shape index (κ2) is 7.84. The van der Waals surface area contributed by atoms with Crippen molar-refractivity contribution in [1.82, 2.24) is 8.61 Å². The van der Waals surface area contributed by atoms with Crippen LogP contribution in [-0.2, 0) is 14.9 Å². The summed E-state index contributed by atoms with van der Waals surface area (Å²) < 4.78 is 61.2. The molecule has 0 radical (unpaired) electrons. The summed E-state index contributed by atoms with van der Waals surface area (Å²) in [6.07, 6.45) is 0.866. The molecule has 1 aromatic rings. The van der Waals surface area contributed by atoms with Crippen LogP contribution < -0.4 is 5.32 Å². The fourth-order valence-electron chi connectivity index (χ4n) is 3.15. The molecule has 2 aliphatic rings. The first-order valence-corrected chi connectivity index (χ1v) is 9.80. The van der Waals surface area contributed by atoms with Gasteiger partial charge in [-0.1, -0.05) is 0 Å². The number of hydrogen-bond acceptors (Lipinski definition) is 5. The summed E-state index contributed by atoms with van der Waals surface area (Å²) in [6, 6.07) is 3.40. The molecule has 0 spiro atoms. The molecular formula is C16H20F2N4O3S. The quantitative estimate of drug-likeness (QED) is 0.843. The maximum Gasteiger partial charge on any atom is 0.282 e. The number of rotatable bonds is 4. The Bertz CT molecular complexity index is 775. The predicted molar refractivity (Wildman–Crippen MR) is 90.6 cm³/mol. The van der Waals surface area contributed by atoms with Crippen LogP contribution in [0.2, 0.25) is 0 Å². The lowest BCUT2D eigenvalue weighted by Crippen LogP contribution is -2.51. The van der Waals surface area contributed by atoms with Gasteiger partial charge in [0, 0.05) is 32.2 Å². The fraction of sp³-hybridized carbons (Fsp3) is 0.562. The first-order valence-electron chi connectivity index (χ1n) is 8.40. The molecule has 2 aliphatic heterocycles. The standard InChI is InChI=1S/C16H20F2N4O3S/c17-14-9-12(11-19)10-15(18)16(14)20-13-1-3-21(4-2-13)26(23,24)22-5-7-25-8-6-22/h9-10,13,20H,1-8H2. The van der Waals surface area contributed by atoms with Gasteiger partial charge in [0.25, 0.3) is 10.2 Å². The van der Waals surface area contributed by atoms with Gasteiger partial charge < -0.3 is 10.1 Å². The number of hydrogen-bond donors (Lipinski definition) is 1. The van der Waals surface area contributed by atoms with E-state index in [4.69, 9.17) is 10.00 Å². The van der Waals surface area contributed by atoms with Gasteiger partial charge in [-0.25, -0.2) is 8.78 Å². The highest BCUT2D eigenvalue weighted by atomic mass is 32.2. The maximum absolute atomic E-state index is 14.0. The van der Waals surface area contributed by atoms with Crippen molar-refractivity contribution in [3.8, 4) is 6.07 Å². The highest BCUT2D eigenvalue weighted by Crippen LogP contribution is 2.25. The Morgan fingerprint density at radius 1 is 1.08 bits per heavy atom. The Balaban J connectivity index is 1.62. The van der Waals surface area contributed by atoms with Crippen molar-refractivity contribution < 1.29 is 21.9 Å². The molecule has 7 nitrogen and oxygen atoms in total. The molecule has 10 heteroatoms. The summed E-state index contributed by atoms with van der Waals surface area (Å²) >= 11 is 0. The van der Waals surface area contributed by atoms with Gasteiger partial charge in [0.2, 0.25) is 0 Å². The highest BCUT2D eigenvalue weighted by molar-refractivity contribution is 7.86. The molecule has 0 aromatic heterocycles. The Morgan fingerprint density at radius 3 is 2.15 bits per heavy atom. The van der Waals surface area contributed by atoms with Crippen LogP contribution in [-0.4, -0.2) is 62.5 Å². The third-order valence-corrected chi connectivity index (χ3v) is 6.63. The lowest BCUT2D eigenvalue weighted by molar-refractivity contribution is 0.0696. The largest absolute Gasteiger partial charge is 0.379 e. The molecule has 0 amide bonds. The van der Waals surface area contributed by atoms with Crippen LogP contribution in [0.1, 0.15) is 18.4 Å². The van der Waals surface area contributed by atoms with Crippen molar-refractivity contribution in [2.45, 2.75) is 18.9 Å². The number of ether oxygens (including phenoxy) is 1. The van der Waals surface area contributed by atoms with Crippen LogP contribution in [0.25, 0.3) is 0 Å².